The molecule has 2 aromatic carbocycles. The van der Waals surface area contributed by atoms with Crippen LogP contribution in [0.2, 0.25) is 0 Å². The Kier molecular flexibility index (Phi) is 3.13. The highest BCUT2D eigenvalue weighted by atomic mass is 32.2. The van der Waals surface area contributed by atoms with Crippen molar-refractivity contribution in [2.75, 3.05) is 4.72 Å². The molecule has 0 atom stereocenters. The number of sulfonamides is 1. The predicted molar refractivity (Wildman–Crippen MR) is 76.0 cm³/mol. The molecular formula is C14H11FN2O3S. The SMILES string of the molecule is Cc1cc(S(=O)(=O)Nc2noc3ccccc23)ccc1F. The van der Waals surface area contributed by atoms with Crippen LogP contribution in [0.4, 0.5) is 10.2 Å². The molecule has 0 unspecified atom stereocenters. The maximum absolute atomic E-state index is 13.2. The van der Waals surface area contributed by atoms with Crippen LogP contribution < -0.4 is 4.72 Å². The number of benzene rings is 2. The molecule has 0 radical (unpaired) electrons. The summed E-state index contributed by atoms with van der Waals surface area (Å²) in [5.41, 5.74) is 0.730. The lowest BCUT2D eigenvalue weighted by Crippen LogP contribution is -2.13. The van der Waals surface area contributed by atoms with E-state index in [4.69, 9.17) is 4.52 Å². The van der Waals surface area contributed by atoms with Gasteiger partial charge in [-0.2, -0.15) is 0 Å². The van der Waals surface area contributed by atoms with Crippen LogP contribution in [-0.2, 0) is 10.0 Å². The van der Waals surface area contributed by atoms with Gasteiger partial charge in [0.25, 0.3) is 10.0 Å². The smallest absolute Gasteiger partial charge is 0.263 e. The van der Waals surface area contributed by atoms with Gasteiger partial charge >= 0.3 is 0 Å². The number of rotatable bonds is 3. The Morgan fingerprint density at radius 2 is 1.95 bits per heavy atom. The first-order valence-corrected chi connectivity index (χ1v) is 7.59. The first kappa shape index (κ1) is 13.6. The molecule has 0 spiro atoms. The minimum Gasteiger partial charge on any atom is -0.354 e. The summed E-state index contributed by atoms with van der Waals surface area (Å²) in [5, 5.41) is 4.26. The zero-order chi connectivity index (χ0) is 15.0. The van der Waals surface area contributed by atoms with Gasteiger partial charge < -0.3 is 4.52 Å². The fraction of sp³-hybridized carbons (Fsp3) is 0.0714. The van der Waals surface area contributed by atoms with Crippen molar-refractivity contribution in [2.24, 2.45) is 0 Å². The predicted octanol–water partition coefficient (Wildman–Crippen LogP) is 3.08. The van der Waals surface area contributed by atoms with Crippen LogP contribution in [0, 0.1) is 12.7 Å². The van der Waals surface area contributed by atoms with Crippen molar-refractivity contribution >= 4 is 26.8 Å². The van der Waals surface area contributed by atoms with E-state index in [0.29, 0.717) is 11.0 Å². The van der Waals surface area contributed by atoms with E-state index < -0.39 is 15.8 Å². The van der Waals surface area contributed by atoms with Gasteiger partial charge in [-0.05, 0) is 42.8 Å². The number of halogens is 1. The number of aromatic nitrogens is 1. The molecule has 0 aliphatic heterocycles. The molecule has 108 valence electrons. The highest BCUT2D eigenvalue weighted by molar-refractivity contribution is 7.92. The van der Waals surface area contributed by atoms with Gasteiger partial charge in [0.15, 0.2) is 11.4 Å². The molecule has 1 N–H and O–H groups in total. The molecule has 7 heteroatoms. The van der Waals surface area contributed by atoms with Gasteiger partial charge in [-0.25, -0.2) is 12.8 Å². The van der Waals surface area contributed by atoms with Crippen molar-refractivity contribution < 1.29 is 17.3 Å². The summed E-state index contributed by atoms with van der Waals surface area (Å²) in [5.74, 6) is -0.353. The lowest BCUT2D eigenvalue weighted by atomic mass is 10.2. The number of nitrogens with one attached hydrogen (secondary N) is 1. The Bertz CT molecular complexity index is 919. The number of fused-ring (bicyclic) bond motifs is 1. The molecular weight excluding hydrogens is 295 g/mol. The first-order chi connectivity index (χ1) is 9.97. The number of para-hydroxylation sites is 1. The van der Waals surface area contributed by atoms with Crippen LogP contribution in [0.25, 0.3) is 11.0 Å². The molecule has 0 aliphatic carbocycles. The summed E-state index contributed by atoms with van der Waals surface area (Å²) in [4.78, 5) is -0.0338. The largest absolute Gasteiger partial charge is 0.354 e. The van der Waals surface area contributed by atoms with Crippen molar-refractivity contribution in [1.82, 2.24) is 5.16 Å². The zero-order valence-electron chi connectivity index (χ0n) is 11.0. The van der Waals surface area contributed by atoms with Crippen LogP contribution in [0.15, 0.2) is 51.9 Å². The molecule has 0 amide bonds. The number of hydrogen-bond donors (Lipinski definition) is 1. The lowest BCUT2D eigenvalue weighted by molar-refractivity contribution is 0.460. The van der Waals surface area contributed by atoms with E-state index in [9.17, 15) is 12.8 Å². The summed E-state index contributed by atoms with van der Waals surface area (Å²) in [6.45, 7) is 1.50. The molecule has 0 bridgehead atoms. The molecule has 1 aromatic heterocycles. The zero-order valence-corrected chi connectivity index (χ0v) is 11.8. The highest BCUT2D eigenvalue weighted by Gasteiger charge is 2.19. The lowest BCUT2D eigenvalue weighted by Gasteiger charge is -2.06. The van der Waals surface area contributed by atoms with Crippen LogP contribution >= 0.6 is 0 Å². The third-order valence-corrected chi connectivity index (χ3v) is 4.38. The van der Waals surface area contributed by atoms with E-state index >= 15 is 0 Å². The summed E-state index contributed by atoms with van der Waals surface area (Å²) in [6.07, 6.45) is 0. The van der Waals surface area contributed by atoms with Crippen molar-refractivity contribution in [3.8, 4) is 0 Å². The van der Waals surface area contributed by atoms with E-state index in [-0.39, 0.29) is 16.3 Å². The fourth-order valence-electron chi connectivity index (χ4n) is 1.93. The maximum Gasteiger partial charge on any atom is 0.263 e. The van der Waals surface area contributed by atoms with E-state index in [1.54, 1.807) is 24.3 Å². The van der Waals surface area contributed by atoms with Crippen molar-refractivity contribution in [3.63, 3.8) is 0 Å². The van der Waals surface area contributed by atoms with Gasteiger partial charge in [-0.15, -0.1) is 0 Å². The summed E-state index contributed by atoms with van der Waals surface area (Å²) >= 11 is 0. The molecule has 3 aromatic rings. The Balaban J connectivity index is 2.01. The molecule has 3 rings (SSSR count). The third kappa shape index (κ3) is 2.47. The minimum absolute atomic E-state index is 0.0338. The molecule has 0 saturated carbocycles. The van der Waals surface area contributed by atoms with Crippen LogP contribution in [0.3, 0.4) is 0 Å². The topological polar surface area (TPSA) is 72.2 Å². The summed E-state index contributed by atoms with van der Waals surface area (Å²) < 4.78 is 45.2. The second-order valence-corrected chi connectivity index (χ2v) is 6.23. The molecule has 5 nitrogen and oxygen atoms in total. The summed E-state index contributed by atoms with van der Waals surface area (Å²) in [6, 6.07) is 10.5. The van der Waals surface area contributed by atoms with Gasteiger partial charge in [0, 0.05) is 0 Å². The average molecular weight is 306 g/mol. The van der Waals surface area contributed by atoms with Crippen LogP contribution in [0.1, 0.15) is 5.56 Å². The Labute approximate surface area is 120 Å². The second-order valence-electron chi connectivity index (χ2n) is 4.54. The van der Waals surface area contributed by atoms with E-state index in [1.807, 2.05) is 0 Å². The van der Waals surface area contributed by atoms with Gasteiger partial charge in [0.2, 0.25) is 0 Å². The second kappa shape index (κ2) is 4.85. The monoisotopic (exact) mass is 306 g/mol. The molecule has 21 heavy (non-hydrogen) atoms. The van der Waals surface area contributed by atoms with Crippen molar-refractivity contribution in [1.29, 1.82) is 0 Å². The molecule has 0 saturated heterocycles. The normalized spacial score (nSPS) is 11.7. The third-order valence-electron chi connectivity index (χ3n) is 3.05. The molecule has 0 fully saturated rings. The summed E-state index contributed by atoms with van der Waals surface area (Å²) in [7, 11) is -3.85. The molecule has 1 heterocycles. The minimum atomic E-state index is -3.85. The molecule has 0 aliphatic rings. The Morgan fingerprint density at radius 1 is 1.19 bits per heavy atom. The van der Waals surface area contributed by atoms with Gasteiger partial charge in [-0.3, -0.25) is 4.72 Å². The first-order valence-electron chi connectivity index (χ1n) is 6.11. The van der Waals surface area contributed by atoms with Gasteiger partial charge in [0.05, 0.1) is 10.3 Å². The number of anilines is 1. The highest BCUT2D eigenvalue weighted by Crippen LogP contribution is 2.25. The van der Waals surface area contributed by atoms with E-state index in [2.05, 4.69) is 9.88 Å². The van der Waals surface area contributed by atoms with Gasteiger partial charge in [-0.1, -0.05) is 17.3 Å². The van der Waals surface area contributed by atoms with Crippen LogP contribution in [0.5, 0.6) is 0 Å². The van der Waals surface area contributed by atoms with Crippen LogP contribution in [-0.4, -0.2) is 13.6 Å². The van der Waals surface area contributed by atoms with E-state index in [1.165, 1.54) is 19.1 Å². The average Bonchev–Trinajstić information content (AvgIpc) is 2.85. The van der Waals surface area contributed by atoms with Crippen molar-refractivity contribution in [3.05, 3.63) is 53.8 Å². The number of aryl methyl sites for hydroxylation is 1. The van der Waals surface area contributed by atoms with Crippen molar-refractivity contribution in [2.45, 2.75) is 11.8 Å². The van der Waals surface area contributed by atoms with E-state index in [0.717, 1.165) is 6.07 Å². The standard InChI is InChI=1S/C14H11FN2O3S/c1-9-8-10(6-7-12(9)15)21(18,19)17-14-11-4-2-3-5-13(11)20-16-14/h2-8H,1H3,(H,16,17). The number of nitrogens with zero attached hydrogens (tertiary/aromatic N) is 1. The van der Waals surface area contributed by atoms with Gasteiger partial charge in [0.1, 0.15) is 5.82 Å². The Hall–Kier alpha value is -2.41. The maximum atomic E-state index is 13.2. The fourth-order valence-corrected chi connectivity index (χ4v) is 3.03. The quantitative estimate of drug-likeness (QED) is 0.807. The number of hydrogen-bond acceptors (Lipinski definition) is 4. The Morgan fingerprint density at radius 3 is 2.71 bits per heavy atom.